The van der Waals surface area contributed by atoms with Crippen molar-refractivity contribution in [1.29, 1.82) is 0 Å². The normalized spacial score (nSPS) is 12.2. The Hall–Kier alpha value is -3.02. The SMILES string of the molecule is COc1ccc2c(=O)c3c(ccc4cccc(C(F)(F)F)c43)oc2c1. The van der Waals surface area contributed by atoms with Gasteiger partial charge in [0.1, 0.15) is 16.9 Å². The summed E-state index contributed by atoms with van der Waals surface area (Å²) in [7, 11) is 1.48. The molecule has 0 saturated carbocycles. The number of ether oxygens (including phenoxy) is 1. The lowest BCUT2D eigenvalue weighted by molar-refractivity contribution is -0.136. The predicted molar refractivity (Wildman–Crippen MR) is 89.1 cm³/mol. The number of hydrogen-bond acceptors (Lipinski definition) is 3. The van der Waals surface area contributed by atoms with Gasteiger partial charge in [-0.1, -0.05) is 18.2 Å². The van der Waals surface area contributed by atoms with Gasteiger partial charge in [0.05, 0.1) is 23.4 Å². The van der Waals surface area contributed by atoms with Crippen LogP contribution in [0.4, 0.5) is 13.2 Å². The van der Waals surface area contributed by atoms with E-state index >= 15 is 0 Å². The quantitative estimate of drug-likeness (QED) is 0.355. The standard InChI is InChI=1S/C19H11F3O3/c1-24-11-6-7-12-15(9-11)25-14-8-5-10-3-2-4-13(19(20,21)22)16(10)17(14)18(12)23/h2-9H,1H3. The smallest absolute Gasteiger partial charge is 0.417 e. The summed E-state index contributed by atoms with van der Waals surface area (Å²) in [4.78, 5) is 12.9. The molecule has 4 rings (SSSR count). The first kappa shape index (κ1) is 15.5. The highest BCUT2D eigenvalue weighted by Gasteiger charge is 2.33. The molecule has 0 radical (unpaired) electrons. The fourth-order valence-corrected chi connectivity index (χ4v) is 3.06. The Kier molecular flexibility index (Phi) is 3.25. The average Bonchev–Trinajstić information content (AvgIpc) is 2.59. The molecule has 0 aliphatic rings. The zero-order valence-electron chi connectivity index (χ0n) is 13.0. The minimum Gasteiger partial charge on any atom is -0.497 e. The number of benzene rings is 3. The molecule has 0 amide bonds. The molecule has 25 heavy (non-hydrogen) atoms. The molecule has 4 aromatic rings. The first-order chi connectivity index (χ1) is 11.9. The molecule has 0 unspecified atom stereocenters. The fourth-order valence-electron chi connectivity index (χ4n) is 3.06. The van der Waals surface area contributed by atoms with Gasteiger partial charge in [-0.25, -0.2) is 0 Å². The number of halogens is 3. The zero-order chi connectivity index (χ0) is 17.8. The molecule has 0 saturated heterocycles. The van der Waals surface area contributed by atoms with Gasteiger partial charge < -0.3 is 9.15 Å². The van der Waals surface area contributed by atoms with Crippen molar-refractivity contribution in [2.24, 2.45) is 0 Å². The van der Waals surface area contributed by atoms with Crippen LogP contribution < -0.4 is 10.2 Å². The van der Waals surface area contributed by atoms with Gasteiger partial charge in [-0.3, -0.25) is 4.79 Å². The molecule has 1 heterocycles. The van der Waals surface area contributed by atoms with Crippen molar-refractivity contribution in [3.63, 3.8) is 0 Å². The molecule has 0 fully saturated rings. The van der Waals surface area contributed by atoms with Gasteiger partial charge in [-0.05, 0) is 29.7 Å². The predicted octanol–water partition coefficient (Wildman–Crippen LogP) is 5.13. The summed E-state index contributed by atoms with van der Waals surface area (Å²) in [6, 6.07) is 11.5. The van der Waals surface area contributed by atoms with E-state index in [1.165, 1.54) is 37.4 Å². The first-order valence-corrected chi connectivity index (χ1v) is 7.43. The van der Waals surface area contributed by atoms with Gasteiger partial charge in [0.25, 0.3) is 0 Å². The van der Waals surface area contributed by atoms with E-state index in [-0.39, 0.29) is 27.3 Å². The van der Waals surface area contributed by atoms with Crippen LogP contribution in [-0.2, 0) is 6.18 Å². The Bertz CT molecular complexity index is 1190. The highest BCUT2D eigenvalue weighted by molar-refractivity contribution is 6.10. The zero-order valence-corrected chi connectivity index (χ0v) is 13.0. The molecule has 0 aliphatic carbocycles. The molecule has 0 atom stereocenters. The van der Waals surface area contributed by atoms with Crippen molar-refractivity contribution < 1.29 is 22.3 Å². The van der Waals surface area contributed by atoms with E-state index in [1.807, 2.05) is 0 Å². The summed E-state index contributed by atoms with van der Waals surface area (Å²) in [6.07, 6.45) is -4.57. The number of fused-ring (bicyclic) bond motifs is 4. The third kappa shape index (κ3) is 2.33. The summed E-state index contributed by atoms with van der Waals surface area (Å²) in [5.41, 5.74) is -0.979. The van der Waals surface area contributed by atoms with Crippen LogP contribution in [0.1, 0.15) is 5.56 Å². The van der Waals surface area contributed by atoms with Crippen LogP contribution >= 0.6 is 0 Å². The molecule has 3 nitrogen and oxygen atoms in total. The van der Waals surface area contributed by atoms with Crippen molar-refractivity contribution >= 4 is 32.7 Å². The highest BCUT2D eigenvalue weighted by atomic mass is 19.4. The number of rotatable bonds is 1. The lowest BCUT2D eigenvalue weighted by Crippen LogP contribution is -2.09. The molecule has 126 valence electrons. The summed E-state index contributed by atoms with van der Waals surface area (Å²) < 4.78 is 51.1. The van der Waals surface area contributed by atoms with E-state index in [2.05, 4.69) is 0 Å². The summed E-state index contributed by atoms with van der Waals surface area (Å²) in [5.74, 6) is 0.492. The van der Waals surface area contributed by atoms with Gasteiger partial charge in [0.15, 0.2) is 0 Å². The summed E-state index contributed by atoms with van der Waals surface area (Å²) in [6.45, 7) is 0. The summed E-state index contributed by atoms with van der Waals surface area (Å²) in [5, 5.41) is 0.335. The van der Waals surface area contributed by atoms with Gasteiger partial charge in [-0.2, -0.15) is 13.2 Å². The number of hydrogen-bond donors (Lipinski definition) is 0. The largest absolute Gasteiger partial charge is 0.497 e. The molecule has 0 N–H and O–H groups in total. The Labute approximate surface area is 139 Å². The second kappa shape index (κ2) is 5.24. The molecule has 0 spiro atoms. The van der Waals surface area contributed by atoms with Crippen LogP contribution in [0.15, 0.2) is 57.7 Å². The topological polar surface area (TPSA) is 39.4 Å². The highest BCUT2D eigenvalue weighted by Crippen LogP contribution is 2.38. The first-order valence-electron chi connectivity index (χ1n) is 7.43. The van der Waals surface area contributed by atoms with Crippen LogP contribution in [0, 0.1) is 0 Å². The molecule has 1 aromatic heterocycles. The maximum Gasteiger partial charge on any atom is 0.417 e. The molecular formula is C19H11F3O3. The monoisotopic (exact) mass is 344 g/mol. The fraction of sp³-hybridized carbons (Fsp3) is 0.105. The van der Waals surface area contributed by atoms with E-state index < -0.39 is 17.2 Å². The van der Waals surface area contributed by atoms with Crippen molar-refractivity contribution in [3.8, 4) is 5.75 Å². The van der Waals surface area contributed by atoms with Crippen molar-refractivity contribution in [2.45, 2.75) is 6.18 Å². The van der Waals surface area contributed by atoms with Crippen molar-refractivity contribution in [3.05, 3.63) is 64.3 Å². The van der Waals surface area contributed by atoms with Gasteiger partial charge in [0.2, 0.25) is 5.43 Å². The van der Waals surface area contributed by atoms with Crippen LogP contribution in [0.2, 0.25) is 0 Å². The molecule has 0 bridgehead atoms. The van der Waals surface area contributed by atoms with Crippen LogP contribution in [0.25, 0.3) is 32.7 Å². The summed E-state index contributed by atoms with van der Waals surface area (Å²) >= 11 is 0. The second-order valence-electron chi connectivity index (χ2n) is 5.63. The van der Waals surface area contributed by atoms with Crippen molar-refractivity contribution in [2.75, 3.05) is 7.11 Å². The minimum atomic E-state index is -4.57. The van der Waals surface area contributed by atoms with Gasteiger partial charge in [-0.15, -0.1) is 0 Å². The van der Waals surface area contributed by atoms with E-state index in [4.69, 9.17) is 9.15 Å². The van der Waals surface area contributed by atoms with Gasteiger partial charge in [0, 0.05) is 11.5 Å². The Morgan fingerprint density at radius 2 is 1.76 bits per heavy atom. The molecule has 6 heteroatoms. The molecule has 3 aromatic carbocycles. The molecule has 0 aliphatic heterocycles. The van der Waals surface area contributed by atoms with Gasteiger partial charge >= 0.3 is 6.18 Å². The van der Waals surface area contributed by atoms with E-state index in [0.29, 0.717) is 11.1 Å². The van der Waals surface area contributed by atoms with Crippen LogP contribution in [0.3, 0.4) is 0 Å². The average molecular weight is 344 g/mol. The third-order valence-electron chi connectivity index (χ3n) is 4.19. The lowest BCUT2D eigenvalue weighted by Gasteiger charge is -2.12. The van der Waals surface area contributed by atoms with E-state index in [9.17, 15) is 18.0 Å². The Balaban J connectivity index is 2.25. The third-order valence-corrected chi connectivity index (χ3v) is 4.19. The maximum atomic E-state index is 13.4. The van der Waals surface area contributed by atoms with E-state index in [1.54, 1.807) is 12.1 Å². The number of alkyl halides is 3. The Morgan fingerprint density at radius 1 is 0.960 bits per heavy atom. The second-order valence-corrected chi connectivity index (χ2v) is 5.63. The maximum absolute atomic E-state index is 13.4. The lowest BCUT2D eigenvalue weighted by atomic mass is 9.99. The van der Waals surface area contributed by atoms with Crippen molar-refractivity contribution in [1.82, 2.24) is 0 Å². The minimum absolute atomic E-state index is 0.0666. The van der Waals surface area contributed by atoms with Crippen LogP contribution in [-0.4, -0.2) is 7.11 Å². The Morgan fingerprint density at radius 3 is 2.48 bits per heavy atom. The molecular weight excluding hydrogens is 333 g/mol. The number of methoxy groups -OCH3 is 1. The van der Waals surface area contributed by atoms with E-state index in [0.717, 1.165) is 6.07 Å². The van der Waals surface area contributed by atoms with Crippen LogP contribution in [0.5, 0.6) is 5.75 Å².